The summed E-state index contributed by atoms with van der Waals surface area (Å²) in [7, 11) is 2.95. The molecule has 0 bridgehead atoms. The third-order valence-corrected chi connectivity index (χ3v) is 4.15. The van der Waals surface area contributed by atoms with Gasteiger partial charge in [0.2, 0.25) is 0 Å². The summed E-state index contributed by atoms with van der Waals surface area (Å²) in [5, 5.41) is 1.25. The monoisotopic (exact) mass is 270 g/mol. The van der Waals surface area contributed by atoms with Crippen LogP contribution in [0.25, 0.3) is 10.1 Å². The molecule has 0 radical (unpaired) electrons. The molecule has 0 unspecified atom stereocenters. The number of carbonyl (C=O) groups excluding carboxylic acids is 1. The highest BCUT2D eigenvalue weighted by atomic mass is 35.5. The Hall–Kier alpha value is -1.26. The Morgan fingerprint density at radius 3 is 2.65 bits per heavy atom. The molecule has 0 fully saturated rings. The van der Waals surface area contributed by atoms with E-state index in [9.17, 15) is 4.79 Å². The van der Waals surface area contributed by atoms with E-state index in [0.29, 0.717) is 9.90 Å². The molecule has 2 aromatic rings. The summed E-state index contributed by atoms with van der Waals surface area (Å²) in [5.41, 5.74) is 1.01. The molecule has 0 aliphatic carbocycles. The van der Waals surface area contributed by atoms with Gasteiger partial charge in [-0.3, -0.25) is 0 Å². The highest BCUT2D eigenvalue weighted by Crippen LogP contribution is 2.38. The zero-order chi connectivity index (χ0) is 12.6. The molecular weight excluding hydrogens is 260 g/mol. The van der Waals surface area contributed by atoms with E-state index in [1.807, 2.05) is 19.1 Å². The fourth-order valence-corrected chi connectivity index (χ4v) is 3.14. The van der Waals surface area contributed by atoms with Crippen molar-refractivity contribution >= 4 is 39.0 Å². The third kappa shape index (κ3) is 1.98. The number of benzene rings is 1. The van der Waals surface area contributed by atoms with Gasteiger partial charge in [-0.15, -0.1) is 11.3 Å². The SMILES string of the molecule is COC(=O)c1sc2cc(C)c(OC)cc2c1Cl. The van der Waals surface area contributed by atoms with Crippen molar-refractivity contribution in [1.29, 1.82) is 0 Å². The minimum absolute atomic E-state index is 0.409. The second-order valence-corrected chi connectivity index (χ2v) is 4.98. The van der Waals surface area contributed by atoms with E-state index in [2.05, 4.69) is 4.74 Å². The molecule has 0 saturated heterocycles. The van der Waals surface area contributed by atoms with Crippen LogP contribution in [0, 0.1) is 6.92 Å². The Morgan fingerprint density at radius 2 is 2.06 bits per heavy atom. The van der Waals surface area contributed by atoms with E-state index in [0.717, 1.165) is 21.4 Å². The van der Waals surface area contributed by atoms with Crippen molar-refractivity contribution in [3.8, 4) is 5.75 Å². The van der Waals surface area contributed by atoms with E-state index >= 15 is 0 Å². The molecule has 0 saturated carbocycles. The van der Waals surface area contributed by atoms with Crippen LogP contribution >= 0.6 is 22.9 Å². The maximum atomic E-state index is 11.5. The van der Waals surface area contributed by atoms with E-state index < -0.39 is 5.97 Å². The molecule has 0 N–H and O–H groups in total. The third-order valence-electron chi connectivity index (χ3n) is 2.52. The molecule has 1 aromatic carbocycles. The van der Waals surface area contributed by atoms with Crippen LogP contribution < -0.4 is 4.74 Å². The van der Waals surface area contributed by atoms with Crippen LogP contribution in [0.15, 0.2) is 12.1 Å². The van der Waals surface area contributed by atoms with Gasteiger partial charge in [-0.05, 0) is 24.6 Å². The molecule has 0 amide bonds. The van der Waals surface area contributed by atoms with Crippen LogP contribution in [-0.4, -0.2) is 20.2 Å². The first-order chi connectivity index (χ1) is 8.08. The van der Waals surface area contributed by atoms with Gasteiger partial charge in [-0.2, -0.15) is 0 Å². The molecule has 0 spiro atoms. The fraction of sp³-hybridized carbons (Fsp3) is 0.250. The number of halogens is 1. The Morgan fingerprint density at radius 1 is 1.35 bits per heavy atom. The number of hydrogen-bond acceptors (Lipinski definition) is 4. The molecule has 90 valence electrons. The van der Waals surface area contributed by atoms with Crippen molar-refractivity contribution in [2.45, 2.75) is 6.92 Å². The summed E-state index contributed by atoms with van der Waals surface area (Å²) in [6.45, 7) is 1.95. The predicted octanol–water partition coefficient (Wildman–Crippen LogP) is 3.66. The number of rotatable bonds is 2. The number of methoxy groups -OCH3 is 2. The number of hydrogen-bond donors (Lipinski definition) is 0. The maximum absolute atomic E-state index is 11.5. The van der Waals surface area contributed by atoms with E-state index in [-0.39, 0.29) is 0 Å². The van der Waals surface area contributed by atoms with Crippen LogP contribution in [0.4, 0.5) is 0 Å². The van der Waals surface area contributed by atoms with Gasteiger partial charge in [0.1, 0.15) is 10.6 Å². The lowest BCUT2D eigenvalue weighted by Gasteiger charge is -2.03. The molecule has 17 heavy (non-hydrogen) atoms. The number of thiophene rings is 1. The van der Waals surface area contributed by atoms with Gasteiger partial charge in [-0.1, -0.05) is 11.6 Å². The summed E-state index contributed by atoms with van der Waals surface area (Å²) in [6.07, 6.45) is 0. The van der Waals surface area contributed by atoms with Gasteiger partial charge in [0.15, 0.2) is 0 Å². The average Bonchev–Trinajstić information content (AvgIpc) is 2.64. The van der Waals surface area contributed by atoms with Crippen LogP contribution in [0.2, 0.25) is 5.02 Å². The smallest absolute Gasteiger partial charge is 0.349 e. The van der Waals surface area contributed by atoms with Crippen LogP contribution in [0.5, 0.6) is 5.75 Å². The van der Waals surface area contributed by atoms with Crippen molar-refractivity contribution < 1.29 is 14.3 Å². The topological polar surface area (TPSA) is 35.5 Å². The summed E-state index contributed by atoms with van der Waals surface area (Å²) in [6, 6.07) is 3.80. The Kier molecular flexibility index (Phi) is 3.26. The average molecular weight is 271 g/mol. The lowest BCUT2D eigenvalue weighted by Crippen LogP contribution is -1.97. The molecule has 2 rings (SSSR count). The number of carbonyl (C=O) groups is 1. The summed E-state index contributed by atoms with van der Waals surface area (Å²) in [4.78, 5) is 11.9. The zero-order valence-electron chi connectivity index (χ0n) is 9.67. The first-order valence-electron chi connectivity index (χ1n) is 4.93. The first-order valence-corrected chi connectivity index (χ1v) is 6.13. The second kappa shape index (κ2) is 4.55. The van der Waals surface area contributed by atoms with Crippen LogP contribution in [0.1, 0.15) is 15.2 Å². The molecule has 3 nitrogen and oxygen atoms in total. The zero-order valence-corrected chi connectivity index (χ0v) is 11.2. The van der Waals surface area contributed by atoms with E-state index in [4.69, 9.17) is 16.3 Å². The molecule has 5 heteroatoms. The quantitative estimate of drug-likeness (QED) is 0.781. The van der Waals surface area contributed by atoms with Crippen molar-refractivity contribution in [3.63, 3.8) is 0 Å². The van der Waals surface area contributed by atoms with Gasteiger partial charge < -0.3 is 9.47 Å². The van der Waals surface area contributed by atoms with Crippen LogP contribution in [-0.2, 0) is 4.74 Å². The number of ether oxygens (including phenoxy) is 2. The van der Waals surface area contributed by atoms with Crippen molar-refractivity contribution in [2.75, 3.05) is 14.2 Å². The van der Waals surface area contributed by atoms with Gasteiger partial charge in [0, 0.05) is 10.1 Å². The maximum Gasteiger partial charge on any atom is 0.349 e. The molecular formula is C12H11ClO3S. The van der Waals surface area contributed by atoms with E-state index in [1.165, 1.54) is 18.4 Å². The van der Waals surface area contributed by atoms with Crippen molar-refractivity contribution in [3.05, 3.63) is 27.6 Å². The van der Waals surface area contributed by atoms with Gasteiger partial charge in [0.05, 0.1) is 19.2 Å². The van der Waals surface area contributed by atoms with Crippen LogP contribution in [0.3, 0.4) is 0 Å². The Labute approximate surface area is 108 Å². The number of aryl methyl sites for hydroxylation is 1. The highest BCUT2D eigenvalue weighted by Gasteiger charge is 2.18. The molecule has 0 atom stereocenters. The molecule has 0 aliphatic rings. The second-order valence-electron chi connectivity index (χ2n) is 3.55. The number of fused-ring (bicyclic) bond motifs is 1. The van der Waals surface area contributed by atoms with Crippen molar-refractivity contribution in [2.24, 2.45) is 0 Å². The lowest BCUT2D eigenvalue weighted by molar-refractivity contribution is 0.0606. The predicted molar refractivity (Wildman–Crippen MR) is 69.5 cm³/mol. The minimum Gasteiger partial charge on any atom is -0.496 e. The molecule has 1 heterocycles. The lowest BCUT2D eigenvalue weighted by atomic mass is 10.1. The van der Waals surface area contributed by atoms with E-state index in [1.54, 1.807) is 7.11 Å². The summed E-state index contributed by atoms with van der Waals surface area (Å²) in [5.74, 6) is 0.349. The summed E-state index contributed by atoms with van der Waals surface area (Å²) >= 11 is 7.49. The summed E-state index contributed by atoms with van der Waals surface area (Å²) < 4.78 is 10.9. The highest BCUT2D eigenvalue weighted by molar-refractivity contribution is 7.21. The fourth-order valence-electron chi connectivity index (χ4n) is 1.64. The van der Waals surface area contributed by atoms with Crippen molar-refractivity contribution in [1.82, 2.24) is 0 Å². The van der Waals surface area contributed by atoms with Gasteiger partial charge >= 0.3 is 5.97 Å². The van der Waals surface area contributed by atoms with Gasteiger partial charge in [0.25, 0.3) is 0 Å². The largest absolute Gasteiger partial charge is 0.496 e. The number of esters is 1. The standard InChI is InChI=1S/C12H11ClO3S/c1-6-4-9-7(5-8(6)15-2)10(13)11(17-9)12(14)16-3/h4-5H,1-3H3. The normalized spacial score (nSPS) is 10.6. The van der Waals surface area contributed by atoms with Gasteiger partial charge in [-0.25, -0.2) is 4.79 Å². The Bertz CT molecular complexity index is 589. The first kappa shape index (κ1) is 12.2. The molecule has 1 aromatic heterocycles. The minimum atomic E-state index is -0.409. The molecule has 0 aliphatic heterocycles. The Balaban J connectivity index is 2.70.